The molecule has 4 aliphatic rings. The normalized spacial score (nSPS) is 35.7. The van der Waals surface area contributed by atoms with Gasteiger partial charge in [0.2, 0.25) is 0 Å². The summed E-state index contributed by atoms with van der Waals surface area (Å²) in [5.74, 6) is 2.43. The zero-order valence-corrected chi connectivity index (χ0v) is 18.3. The van der Waals surface area contributed by atoms with E-state index in [0.29, 0.717) is 19.6 Å². The van der Waals surface area contributed by atoms with Gasteiger partial charge in [-0.15, -0.1) is 0 Å². The van der Waals surface area contributed by atoms with E-state index in [1.54, 1.807) is 0 Å². The van der Waals surface area contributed by atoms with Crippen molar-refractivity contribution in [1.82, 2.24) is 0 Å². The highest BCUT2D eigenvalue weighted by Gasteiger charge is 2.59. The summed E-state index contributed by atoms with van der Waals surface area (Å²) in [4.78, 5) is 13.2. The number of ether oxygens (including phenoxy) is 3. The van der Waals surface area contributed by atoms with Crippen LogP contribution in [0.15, 0.2) is 0 Å². The molecule has 4 nitrogen and oxygen atoms in total. The molecule has 4 rings (SSSR count). The Labute approximate surface area is 165 Å². The van der Waals surface area contributed by atoms with Gasteiger partial charge in [-0.25, -0.2) is 0 Å². The van der Waals surface area contributed by atoms with E-state index in [-0.39, 0.29) is 17.7 Å². The summed E-state index contributed by atoms with van der Waals surface area (Å²) < 4.78 is 17.6. The van der Waals surface area contributed by atoms with Crippen LogP contribution < -0.4 is 0 Å². The number of hydrogen-bond acceptors (Lipinski definition) is 4. The Kier molecular flexibility index (Phi) is 5.99. The average molecular weight is 381 g/mol. The minimum Gasteiger partial charge on any atom is -0.459 e. The number of rotatable bonds is 9. The molecule has 4 aliphatic carbocycles. The summed E-state index contributed by atoms with van der Waals surface area (Å²) >= 11 is 0. The molecule has 156 valence electrons. The predicted molar refractivity (Wildman–Crippen MR) is 106 cm³/mol. The zero-order valence-electron chi connectivity index (χ0n) is 18.3. The first-order valence-electron chi connectivity index (χ1n) is 11.1. The smallest absolute Gasteiger partial charge is 0.314 e. The van der Waals surface area contributed by atoms with Crippen LogP contribution >= 0.6 is 0 Å². The molecule has 0 N–H and O–H groups in total. The highest BCUT2D eigenvalue weighted by atomic mass is 16.7. The van der Waals surface area contributed by atoms with Crippen molar-refractivity contribution >= 4 is 5.97 Å². The molecule has 0 saturated heterocycles. The molecule has 0 aromatic carbocycles. The van der Waals surface area contributed by atoms with E-state index in [4.69, 9.17) is 14.2 Å². The van der Waals surface area contributed by atoms with Crippen LogP contribution in [0.1, 0.15) is 86.5 Å². The van der Waals surface area contributed by atoms with Gasteiger partial charge in [0.15, 0.2) is 6.29 Å². The Hall–Kier alpha value is -0.610. The van der Waals surface area contributed by atoms with Crippen LogP contribution in [0.4, 0.5) is 0 Å². The van der Waals surface area contributed by atoms with E-state index in [1.807, 2.05) is 27.7 Å². The first kappa shape index (κ1) is 21.1. The van der Waals surface area contributed by atoms with Gasteiger partial charge in [-0.3, -0.25) is 4.79 Å². The van der Waals surface area contributed by atoms with Crippen LogP contribution in [0, 0.1) is 28.6 Å². The zero-order chi connectivity index (χ0) is 19.9. The third kappa shape index (κ3) is 4.07. The number of carbonyl (C=O) groups is 1. The molecule has 0 aliphatic heterocycles. The fourth-order valence-corrected chi connectivity index (χ4v) is 6.20. The molecule has 0 spiro atoms. The summed E-state index contributed by atoms with van der Waals surface area (Å²) in [6, 6.07) is 0. The molecule has 0 radical (unpaired) electrons. The molecule has 0 amide bonds. The topological polar surface area (TPSA) is 44.8 Å². The number of carbonyl (C=O) groups excluding carboxylic acids is 1. The van der Waals surface area contributed by atoms with E-state index in [0.717, 1.165) is 17.8 Å². The summed E-state index contributed by atoms with van der Waals surface area (Å²) in [7, 11) is 0. The Balaban J connectivity index is 1.67. The van der Waals surface area contributed by atoms with Crippen molar-refractivity contribution in [2.24, 2.45) is 28.6 Å². The summed E-state index contributed by atoms with van der Waals surface area (Å²) in [5.41, 5.74) is -0.876. The monoisotopic (exact) mass is 380 g/mol. The van der Waals surface area contributed by atoms with E-state index in [9.17, 15) is 4.79 Å². The van der Waals surface area contributed by atoms with Gasteiger partial charge in [-0.05, 0) is 97.3 Å². The fraction of sp³-hybridized carbons (Fsp3) is 0.957. The number of hydrogen-bond donors (Lipinski definition) is 0. The molecule has 0 aromatic heterocycles. The Morgan fingerprint density at radius 3 is 1.96 bits per heavy atom. The summed E-state index contributed by atoms with van der Waals surface area (Å²) in [6.45, 7) is 13.1. The molecule has 2 atom stereocenters. The third-order valence-electron chi connectivity index (χ3n) is 7.97. The fourth-order valence-electron chi connectivity index (χ4n) is 6.20. The predicted octanol–water partition coefficient (Wildman–Crippen LogP) is 5.34. The van der Waals surface area contributed by atoms with Crippen molar-refractivity contribution in [2.75, 3.05) is 13.2 Å². The van der Waals surface area contributed by atoms with Crippen molar-refractivity contribution in [3.63, 3.8) is 0 Å². The van der Waals surface area contributed by atoms with Gasteiger partial charge in [0.25, 0.3) is 0 Å². The maximum Gasteiger partial charge on any atom is 0.314 e. The Morgan fingerprint density at radius 2 is 1.52 bits per heavy atom. The lowest BCUT2D eigenvalue weighted by Gasteiger charge is -2.61. The molecule has 4 bridgehead atoms. The van der Waals surface area contributed by atoms with E-state index in [2.05, 4.69) is 13.8 Å². The maximum absolute atomic E-state index is 13.2. The van der Waals surface area contributed by atoms with Crippen LogP contribution in [0.5, 0.6) is 0 Å². The average Bonchev–Trinajstić information content (AvgIpc) is 2.58. The lowest BCUT2D eigenvalue weighted by molar-refractivity contribution is -0.213. The van der Waals surface area contributed by atoms with Crippen molar-refractivity contribution in [3.05, 3.63) is 0 Å². The molecule has 2 unspecified atom stereocenters. The van der Waals surface area contributed by atoms with Gasteiger partial charge < -0.3 is 14.2 Å². The highest BCUT2D eigenvalue weighted by Crippen LogP contribution is 2.64. The summed E-state index contributed by atoms with van der Waals surface area (Å²) in [6.07, 6.45) is 8.31. The largest absolute Gasteiger partial charge is 0.459 e. The van der Waals surface area contributed by atoms with Gasteiger partial charge in [0, 0.05) is 12.0 Å². The molecule has 0 heterocycles. The first-order valence-corrected chi connectivity index (χ1v) is 11.1. The van der Waals surface area contributed by atoms with Crippen molar-refractivity contribution in [3.8, 4) is 0 Å². The molecular formula is C23H40O4. The second-order valence-corrected chi connectivity index (χ2v) is 10.3. The third-order valence-corrected chi connectivity index (χ3v) is 7.97. The Bertz CT molecular complexity index is 505. The lowest BCUT2D eigenvalue weighted by atomic mass is 9.46. The quantitative estimate of drug-likeness (QED) is 0.400. The molecule has 4 heteroatoms. The van der Waals surface area contributed by atoms with Crippen molar-refractivity contribution in [2.45, 2.75) is 98.4 Å². The van der Waals surface area contributed by atoms with Gasteiger partial charge in [0.05, 0.1) is 12.0 Å². The van der Waals surface area contributed by atoms with Gasteiger partial charge >= 0.3 is 5.97 Å². The van der Waals surface area contributed by atoms with Crippen LogP contribution in [0.3, 0.4) is 0 Å². The van der Waals surface area contributed by atoms with Crippen LogP contribution in [-0.4, -0.2) is 31.1 Å². The van der Waals surface area contributed by atoms with Crippen LogP contribution in [-0.2, 0) is 19.0 Å². The minimum atomic E-state index is -0.634. The van der Waals surface area contributed by atoms with Crippen molar-refractivity contribution < 1.29 is 19.0 Å². The molecule has 4 fully saturated rings. The molecule has 4 saturated carbocycles. The summed E-state index contributed by atoms with van der Waals surface area (Å²) in [5, 5.41) is 0. The van der Waals surface area contributed by atoms with E-state index in [1.165, 1.54) is 38.5 Å². The van der Waals surface area contributed by atoms with E-state index >= 15 is 0 Å². The van der Waals surface area contributed by atoms with E-state index < -0.39 is 11.0 Å². The van der Waals surface area contributed by atoms with Crippen LogP contribution in [0.25, 0.3) is 0 Å². The van der Waals surface area contributed by atoms with Gasteiger partial charge in [-0.1, -0.05) is 6.92 Å². The first-order chi connectivity index (χ1) is 12.6. The Morgan fingerprint density at radius 1 is 1.00 bits per heavy atom. The molecule has 0 aromatic rings. The maximum atomic E-state index is 13.2. The lowest BCUT2D eigenvalue weighted by Crippen LogP contribution is -2.58. The number of esters is 1. The van der Waals surface area contributed by atoms with Crippen LogP contribution in [0.2, 0.25) is 0 Å². The highest BCUT2D eigenvalue weighted by molar-refractivity contribution is 5.77. The second kappa shape index (κ2) is 7.67. The SMILES string of the molecule is CCOC(C)OCC(C)(CC)C(=O)OC(C)(C)C12CC3CC(CC(C3)C1)C2. The molecule has 27 heavy (non-hydrogen) atoms. The van der Waals surface area contributed by atoms with Gasteiger partial charge in [-0.2, -0.15) is 0 Å². The van der Waals surface area contributed by atoms with Gasteiger partial charge in [0.1, 0.15) is 5.60 Å². The minimum absolute atomic E-state index is 0.116. The standard InChI is InChI=1S/C23H40O4/c1-7-22(6,15-26-16(3)25-8-2)20(24)27-21(4,5)23-12-17-9-18(13-23)11-19(10-17)14-23/h16-19H,7-15H2,1-6H3. The van der Waals surface area contributed by atoms with Crippen molar-refractivity contribution in [1.29, 1.82) is 0 Å². The second-order valence-electron chi connectivity index (χ2n) is 10.3. The molecular weight excluding hydrogens is 340 g/mol.